The highest BCUT2D eigenvalue weighted by Gasteiger charge is 2.44. The molecule has 0 aromatic carbocycles. The van der Waals surface area contributed by atoms with E-state index in [4.69, 9.17) is 4.42 Å². The number of Topliss-reactive ketones (excluding diaryl/α,β-unsaturated/α-hetero) is 1. The highest BCUT2D eigenvalue weighted by molar-refractivity contribution is 6.02. The maximum Gasteiger partial charge on any atom is 0.174 e. The van der Waals surface area contributed by atoms with Gasteiger partial charge in [0.15, 0.2) is 5.78 Å². The van der Waals surface area contributed by atoms with Crippen molar-refractivity contribution in [2.75, 3.05) is 0 Å². The smallest absolute Gasteiger partial charge is 0.174 e. The minimum absolute atomic E-state index is 0.102. The van der Waals surface area contributed by atoms with E-state index in [-0.39, 0.29) is 17.1 Å². The van der Waals surface area contributed by atoms with Gasteiger partial charge in [0, 0.05) is 11.8 Å². The van der Waals surface area contributed by atoms with Gasteiger partial charge in [-0.05, 0) is 13.0 Å². The zero-order chi connectivity index (χ0) is 11.9. The Morgan fingerprint density at radius 3 is 2.94 bits per heavy atom. The Morgan fingerprint density at radius 1 is 1.69 bits per heavy atom. The zero-order valence-corrected chi connectivity index (χ0v) is 9.75. The summed E-state index contributed by atoms with van der Waals surface area (Å²) in [6, 6.07) is 1.75. The predicted molar refractivity (Wildman–Crippen MR) is 63.4 cm³/mol. The van der Waals surface area contributed by atoms with Crippen molar-refractivity contribution in [1.29, 1.82) is 0 Å². The van der Waals surface area contributed by atoms with Crippen LogP contribution in [-0.4, -0.2) is 5.78 Å². The van der Waals surface area contributed by atoms with Crippen molar-refractivity contribution in [2.24, 2.45) is 11.3 Å². The first-order valence-corrected chi connectivity index (χ1v) is 5.39. The lowest BCUT2D eigenvalue weighted by molar-refractivity contribution is 0.0834. The molecule has 1 aliphatic carbocycles. The highest BCUT2D eigenvalue weighted by Crippen LogP contribution is 2.44. The normalized spacial score (nSPS) is 28.6. The van der Waals surface area contributed by atoms with Gasteiger partial charge in [-0.15, -0.1) is 6.58 Å². The Balaban J connectivity index is 2.57. The summed E-state index contributed by atoms with van der Waals surface area (Å²) in [4.78, 5) is 12.3. The van der Waals surface area contributed by atoms with E-state index in [0.29, 0.717) is 12.0 Å². The summed E-state index contributed by atoms with van der Waals surface area (Å²) in [5, 5.41) is 0. The van der Waals surface area contributed by atoms with Gasteiger partial charge in [0.25, 0.3) is 0 Å². The molecule has 16 heavy (non-hydrogen) atoms. The number of ketones is 1. The second-order valence-electron chi connectivity index (χ2n) is 4.79. The van der Waals surface area contributed by atoms with Crippen molar-refractivity contribution in [1.82, 2.24) is 0 Å². The van der Waals surface area contributed by atoms with E-state index in [1.807, 2.05) is 19.9 Å². The summed E-state index contributed by atoms with van der Waals surface area (Å²) in [6.07, 6.45) is 4.13. The summed E-state index contributed by atoms with van der Waals surface area (Å²) in [6.45, 7) is 11.7. The first-order valence-electron chi connectivity index (χ1n) is 5.39. The number of fused-ring (bicyclic) bond motifs is 1. The van der Waals surface area contributed by atoms with Gasteiger partial charge in [-0.2, -0.15) is 0 Å². The molecule has 1 heterocycles. The molecule has 1 aliphatic rings. The van der Waals surface area contributed by atoms with Gasteiger partial charge in [-0.25, -0.2) is 0 Å². The topological polar surface area (TPSA) is 30.2 Å². The van der Waals surface area contributed by atoms with Crippen LogP contribution in [0.4, 0.5) is 0 Å². The summed E-state index contributed by atoms with van der Waals surface area (Å²) in [5.74, 6) is 0.685. The lowest BCUT2D eigenvalue weighted by Gasteiger charge is -2.37. The maximum absolute atomic E-state index is 12.3. The van der Waals surface area contributed by atoms with Gasteiger partial charge in [-0.1, -0.05) is 25.2 Å². The number of hydrogen-bond donors (Lipinski definition) is 0. The van der Waals surface area contributed by atoms with E-state index < -0.39 is 0 Å². The molecule has 2 atom stereocenters. The van der Waals surface area contributed by atoms with E-state index >= 15 is 0 Å². The molecule has 2 nitrogen and oxygen atoms in total. The predicted octanol–water partition coefficient (Wildman–Crippen LogP) is 3.40. The van der Waals surface area contributed by atoms with Crippen LogP contribution in [0.1, 0.15) is 30.0 Å². The van der Waals surface area contributed by atoms with Crippen LogP contribution < -0.4 is 0 Å². The van der Waals surface area contributed by atoms with Crippen molar-refractivity contribution in [2.45, 2.75) is 20.3 Å². The van der Waals surface area contributed by atoms with Gasteiger partial charge >= 0.3 is 0 Å². The van der Waals surface area contributed by atoms with Crippen LogP contribution in [0.3, 0.4) is 0 Å². The molecule has 0 aliphatic heterocycles. The van der Waals surface area contributed by atoms with Crippen molar-refractivity contribution in [3.05, 3.63) is 48.5 Å². The van der Waals surface area contributed by atoms with Gasteiger partial charge in [-0.3, -0.25) is 4.79 Å². The molecular formula is C14H16O2. The number of allylic oxidation sites excluding steroid dienone is 2. The fraction of sp³-hybridized carbons (Fsp3) is 0.357. The molecule has 2 heteroatoms. The molecule has 1 aromatic heterocycles. The molecule has 84 valence electrons. The largest absolute Gasteiger partial charge is 0.469 e. The summed E-state index contributed by atoms with van der Waals surface area (Å²) in [5.41, 5.74) is 1.31. The number of carbonyl (C=O) groups excluding carboxylic acids is 1. The van der Waals surface area contributed by atoms with Gasteiger partial charge in [0.1, 0.15) is 5.76 Å². The van der Waals surface area contributed by atoms with Crippen molar-refractivity contribution >= 4 is 5.78 Å². The van der Waals surface area contributed by atoms with Crippen LogP contribution >= 0.6 is 0 Å². The average molecular weight is 216 g/mol. The monoisotopic (exact) mass is 216 g/mol. The van der Waals surface area contributed by atoms with Crippen LogP contribution in [0.5, 0.6) is 0 Å². The lowest BCUT2D eigenvalue weighted by atomic mass is 9.64. The molecule has 0 saturated heterocycles. The number of rotatable bonds is 2. The Labute approximate surface area is 95.7 Å². The third-order valence-corrected chi connectivity index (χ3v) is 3.43. The van der Waals surface area contributed by atoms with E-state index in [9.17, 15) is 4.79 Å². The van der Waals surface area contributed by atoms with Gasteiger partial charge in [0.2, 0.25) is 0 Å². The molecule has 2 rings (SSSR count). The minimum atomic E-state index is -0.284. The summed E-state index contributed by atoms with van der Waals surface area (Å²) >= 11 is 0. The quantitative estimate of drug-likeness (QED) is 0.709. The Kier molecular flexibility index (Phi) is 2.38. The average Bonchev–Trinajstić information content (AvgIpc) is 2.65. The Bertz CT molecular complexity index is 467. The molecule has 0 N–H and O–H groups in total. The molecular weight excluding hydrogens is 200 g/mol. The molecule has 0 radical (unpaired) electrons. The second kappa shape index (κ2) is 3.48. The number of carbonyl (C=O) groups is 1. The van der Waals surface area contributed by atoms with Crippen LogP contribution in [0.15, 0.2) is 41.6 Å². The third-order valence-electron chi connectivity index (χ3n) is 3.43. The van der Waals surface area contributed by atoms with Gasteiger partial charge in [0.05, 0.1) is 17.7 Å². The molecule has 1 aromatic rings. The van der Waals surface area contributed by atoms with Crippen LogP contribution in [0.25, 0.3) is 0 Å². The third kappa shape index (κ3) is 1.37. The molecule has 0 amide bonds. The zero-order valence-electron chi connectivity index (χ0n) is 9.75. The maximum atomic E-state index is 12.3. The standard InChI is InChI=1S/C14H16O2/c1-5-14(4)8-11-10(6-7-16-11)13(15)12(14)9(2)3/h5-7,12H,1-2,8H2,3-4H3. The van der Waals surface area contributed by atoms with Gasteiger partial charge < -0.3 is 4.42 Å². The van der Waals surface area contributed by atoms with Crippen molar-refractivity contribution in [3.8, 4) is 0 Å². The minimum Gasteiger partial charge on any atom is -0.469 e. The van der Waals surface area contributed by atoms with E-state index in [1.54, 1.807) is 12.3 Å². The fourth-order valence-corrected chi connectivity index (χ4v) is 2.58. The Hall–Kier alpha value is -1.57. The lowest BCUT2D eigenvalue weighted by Crippen LogP contribution is -2.38. The van der Waals surface area contributed by atoms with Crippen LogP contribution in [-0.2, 0) is 6.42 Å². The van der Waals surface area contributed by atoms with Crippen LogP contribution in [0.2, 0.25) is 0 Å². The summed E-state index contributed by atoms with van der Waals surface area (Å²) < 4.78 is 5.35. The molecule has 2 unspecified atom stereocenters. The first kappa shape index (κ1) is 10.9. The fourth-order valence-electron chi connectivity index (χ4n) is 2.58. The highest BCUT2D eigenvalue weighted by atomic mass is 16.3. The second-order valence-corrected chi connectivity index (χ2v) is 4.79. The first-order chi connectivity index (χ1) is 7.49. The SMILES string of the molecule is C=CC1(C)Cc2occc2C(=O)C1C(=C)C. The molecule has 0 saturated carbocycles. The number of hydrogen-bond acceptors (Lipinski definition) is 2. The number of furan rings is 1. The summed E-state index contributed by atoms with van der Waals surface area (Å²) in [7, 11) is 0. The van der Waals surface area contributed by atoms with Crippen LogP contribution in [0, 0.1) is 11.3 Å². The van der Waals surface area contributed by atoms with E-state index in [1.165, 1.54) is 0 Å². The molecule has 0 fully saturated rings. The molecule has 0 bridgehead atoms. The Morgan fingerprint density at radius 2 is 2.38 bits per heavy atom. The van der Waals surface area contributed by atoms with Crippen molar-refractivity contribution < 1.29 is 9.21 Å². The molecule has 0 spiro atoms. The van der Waals surface area contributed by atoms with E-state index in [2.05, 4.69) is 13.2 Å². The van der Waals surface area contributed by atoms with E-state index in [0.717, 1.165) is 11.3 Å². The van der Waals surface area contributed by atoms with Crippen molar-refractivity contribution in [3.63, 3.8) is 0 Å².